The van der Waals surface area contributed by atoms with Gasteiger partial charge in [0, 0.05) is 44.7 Å². The summed E-state index contributed by atoms with van der Waals surface area (Å²) in [6.07, 6.45) is 5.73. The number of carbonyl (C=O) groups is 2. The summed E-state index contributed by atoms with van der Waals surface area (Å²) in [7, 11) is 1.88. The SMILES string of the molecule is Cc1cc(C(=O)N2CCC3(CC2)NC(=O)C[C@H]3c2cnn(C)c2)no1. The van der Waals surface area contributed by atoms with Gasteiger partial charge in [0.2, 0.25) is 5.91 Å². The molecular formula is C17H21N5O3. The van der Waals surface area contributed by atoms with Crippen LogP contribution in [0.5, 0.6) is 0 Å². The molecule has 2 aliphatic rings. The highest BCUT2D eigenvalue weighted by atomic mass is 16.5. The number of nitrogens with one attached hydrogen (secondary N) is 1. The van der Waals surface area contributed by atoms with E-state index in [1.165, 1.54) is 0 Å². The zero-order chi connectivity index (χ0) is 17.6. The van der Waals surface area contributed by atoms with Gasteiger partial charge in [-0.05, 0) is 25.3 Å². The highest BCUT2D eigenvalue weighted by Crippen LogP contribution is 2.43. The number of aromatic nitrogens is 3. The van der Waals surface area contributed by atoms with Crippen LogP contribution in [0.3, 0.4) is 0 Å². The summed E-state index contributed by atoms with van der Waals surface area (Å²) in [4.78, 5) is 26.4. The minimum Gasteiger partial charge on any atom is -0.361 e. The topological polar surface area (TPSA) is 93.3 Å². The van der Waals surface area contributed by atoms with E-state index in [0.717, 1.165) is 18.4 Å². The minimum atomic E-state index is -0.295. The van der Waals surface area contributed by atoms with Gasteiger partial charge in [0.05, 0.1) is 11.7 Å². The van der Waals surface area contributed by atoms with E-state index in [9.17, 15) is 9.59 Å². The molecule has 1 spiro atoms. The van der Waals surface area contributed by atoms with Crippen molar-refractivity contribution in [1.29, 1.82) is 0 Å². The lowest BCUT2D eigenvalue weighted by Crippen LogP contribution is -2.54. The molecule has 25 heavy (non-hydrogen) atoms. The average Bonchev–Trinajstić information content (AvgIpc) is 3.27. The van der Waals surface area contributed by atoms with Gasteiger partial charge in [-0.15, -0.1) is 0 Å². The summed E-state index contributed by atoms with van der Waals surface area (Å²) >= 11 is 0. The lowest BCUT2D eigenvalue weighted by molar-refractivity contribution is -0.120. The zero-order valence-corrected chi connectivity index (χ0v) is 14.4. The number of hydrogen-bond donors (Lipinski definition) is 1. The maximum atomic E-state index is 12.5. The normalized spacial score (nSPS) is 22.4. The van der Waals surface area contributed by atoms with Crippen LogP contribution in [0.15, 0.2) is 23.0 Å². The van der Waals surface area contributed by atoms with E-state index in [-0.39, 0.29) is 23.3 Å². The lowest BCUT2D eigenvalue weighted by Gasteiger charge is -2.42. The van der Waals surface area contributed by atoms with Gasteiger partial charge in [-0.1, -0.05) is 5.16 Å². The van der Waals surface area contributed by atoms with Crippen LogP contribution in [0.2, 0.25) is 0 Å². The van der Waals surface area contributed by atoms with Crippen LogP contribution < -0.4 is 5.32 Å². The molecule has 2 fully saturated rings. The molecule has 2 aromatic heterocycles. The molecule has 0 unspecified atom stereocenters. The number of carbonyl (C=O) groups excluding carboxylic acids is 2. The van der Waals surface area contributed by atoms with E-state index in [2.05, 4.69) is 15.6 Å². The van der Waals surface area contributed by atoms with Crippen molar-refractivity contribution in [1.82, 2.24) is 25.2 Å². The molecule has 0 radical (unpaired) electrons. The number of aryl methyl sites for hydroxylation is 2. The van der Waals surface area contributed by atoms with Gasteiger partial charge in [0.25, 0.3) is 5.91 Å². The number of likely N-dealkylation sites (tertiary alicyclic amines) is 1. The number of piperidine rings is 1. The highest BCUT2D eigenvalue weighted by molar-refractivity contribution is 5.92. The summed E-state index contributed by atoms with van der Waals surface area (Å²) in [6.45, 7) is 2.94. The Bertz CT molecular complexity index is 816. The molecule has 132 valence electrons. The van der Waals surface area contributed by atoms with Crippen LogP contribution in [0, 0.1) is 6.92 Å². The molecule has 4 heterocycles. The zero-order valence-electron chi connectivity index (χ0n) is 14.4. The van der Waals surface area contributed by atoms with Crippen molar-refractivity contribution >= 4 is 11.8 Å². The average molecular weight is 343 g/mol. The molecule has 0 aliphatic carbocycles. The molecule has 8 nitrogen and oxygen atoms in total. The fourth-order valence-corrected chi connectivity index (χ4v) is 4.07. The number of rotatable bonds is 2. The predicted octanol–water partition coefficient (Wildman–Crippen LogP) is 0.995. The van der Waals surface area contributed by atoms with Gasteiger partial charge in [-0.2, -0.15) is 5.10 Å². The van der Waals surface area contributed by atoms with Gasteiger partial charge in [0.15, 0.2) is 5.69 Å². The molecule has 0 aromatic carbocycles. The summed E-state index contributed by atoms with van der Waals surface area (Å²) in [5.41, 5.74) is 1.12. The molecule has 4 rings (SSSR count). The van der Waals surface area contributed by atoms with E-state index in [1.807, 2.05) is 19.4 Å². The Morgan fingerprint density at radius 2 is 2.16 bits per heavy atom. The maximum absolute atomic E-state index is 12.5. The van der Waals surface area contributed by atoms with E-state index in [4.69, 9.17) is 4.52 Å². The third-order valence-electron chi connectivity index (χ3n) is 5.36. The molecule has 0 bridgehead atoms. The van der Waals surface area contributed by atoms with Crippen LogP contribution in [0.4, 0.5) is 0 Å². The van der Waals surface area contributed by atoms with Crippen molar-refractivity contribution in [2.45, 2.75) is 37.6 Å². The maximum Gasteiger partial charge on any atom is 0.276 e. The fraction of sp³-hybridized carbons (Fsp3) is 0.529. The number of nitrogens with zero attached hydrogens (tertiary/aromatic N) is 4. The van der Waals surface area contributed by atoms with Gasteiger partial charge in [-0.3, -0.25) is 14.3 Å². The Morgan fingerprint density at radius 1 is 1.40 bits per heavy atom. The van der Waals surface area contributed by atoms with Crippen molar-refractivity contribution in [3.8, 4) is 0 Å². The lowest BCUT2D eigenvalue weighted by atomic mass is 9.75. The molecule has 0 saturated carbocycles. The Labute approximate surface area is 145 Å². The molecule has 2 saturated heterocycles. The van der Waals surface area contributed by atoms with E-state index < -0.39 is 0 Å². The third kappa shape index (κ3) is 2.71. The van der Waals surface area contributed by atoms with Crippen LogP contribution in [0.1, 0.15) is 47.0 Å². The quantitative estimate of drug-likeness (QED) is 0.878. The number of amides is 2. The summed E-state index contributed by atoms with van der Waals surface area (Å²) in [5.74, 6) is 0.673. The minimum absolute atomic E-state index is 0.0701. The van der Waals surface area contributed by atoms with Gasteiger partial charge >= 0.3 is 0 Å². The summed E-state index contributed by atoms with van der Waals surface area (Å²) in [5, 5.41) is 11.2. The summed E-state index contributed by atoms with van der Waals surface area (Å²) < 4.78 is 6.76. The first kappa shape index (κ1) is 15.9. The van der Waals surface area contributed by atoms with Gasteiger partial charge in [-0.25, -0.2) is 0 Å². The van der Waals surface area contributed by atoms with Crippen molar-refractivity contribution < 1.29 is 14.1 Å². The Balaban J connectivity index is 1.51. The van der Waals surface area contributed by atoms with Crippen LogP contribution >= 0.6 is 0 Å². The molecule has 2 amide bonds. The van der Waals surface area contributed by atoms with Crippen molar-refractivity contribution in [3.05, 3.63) is 35.5 Å². The Hall–Kier alpha value is -2.64. The molecule has 2 aromatic rings. The van der Waals surface area contributed by atoms with Crippen molar-refractivity contribution in [2.75, 3.05) is 13.1 Å². The largest absolute Gasteiger partial charge is 0.361 e. The highest BCUT2D eigenvalue weighted by Gasteiger charge is 2.49. The van der Waals surface area contributed by atoms with Crippen LogP contribution in [0.25, 0.3) is 0 Å². The standard InChI is InChI=1S/C17H21N5O3/c1-11-7-14(20-25-11)16(24)22-5-3-17(4-6-22)13(8-15(23)19-17)12-9-18-21(2)10-12/h7,9-10,13H,3-6,8H2,1-2H3,(H,19,23)/t13-/m0/s1. The van der Waals surface area contributed by atoms with Crippen molar-refractivity contribution in [3.63, 3.8) is 0 Å². The molecule has 2 aliphatic heterocycles. The second-order valence-electron chi connectivity index (χ2n) is 7.02. The summed E-state index contributed by atoms with van der Waals surface area (Å²) in [6, 6.07) is 1.66. The van der Waals surface area contributed by atoms with Crippen LogP contribution in [-0.4, -0.2) is 50.3 Å². The smallest absolute Gasteiger partial charge is 0.276 e. The second kappa shape index (κ2) is 5.72. The first-order valence-electron chi connectivity index (χ1n) is 8.49. The Kier molecular flexibility index (Phi) is 3.63. The van der Waals surface area contributed by atoms with Crippen LogP contribution in [-0.2, 0) is 11.8 Å². The van der Waals surface area contributed by atoms with Crippen molar-refractivity contribution in [2.24, 2.45) is 7.05 Å². The van der Waals surface area contributed by atoms with Gasteiger partial charge in [0.1, 0.15) is 5.76 Å². The predicted molar refractivity (Wildman–Crippen MR) is 87.8 cm³/mol. The monoisotopic (exact) mass is 343 g/mol. The third-order valence-corrected chi connectivity index (χ3v) is 5.36. The molecule has 1 atom stereocenters. The first-order chi connectivity index (χ1) is 12.0. The fourth-order valence-electron chi connectivity index (χ4n) is 4.07. The van der Waals surface area contributed by atoms with Gasteiger partial charge < -0.3 is 14.7 Å². The Morgan fingerprint density at radius 3 is 2.76 bits per heavy atom. The second-order valence-corrected chi connectivity index (χ2v) is 7.02. The molecular weight excluding hydrogens is 322 g/mol. The first-order valence-corrected chi connectivity index (χ1v) is 8.49. The number of hydrogen-bond acceptors (Lipinski definition) is 5. The molecule has 8 heteroatoms. The van der Waals surface area contributed by atoms with E-state index in [0.29, 0.717) is 31.0 Å². The molecule has 1 N–H and O–H groups in total. The van der Waals surface area contributed by atoms with E-state index >= 15 is 0 Å². The van der Waals surface area contributed by atoms with E-state index in [1.54, 1.807) is 22.6 Å².